The number of hydrogen-bond donors (Lipinski definition) is 1. The largest absolute Gasteiger partial charge is 0.341 e. The van der Waals surface area contributed by atoms with E-state index in [4.69, 9.17) is 0 Å². The van der Waals surface area contributed by atoms with E-state index >= 15 is 0 Å². The molecule has 4 rings (SSSR count). The van der Waals surface area contributed by atoms with Gasteiger partial charge >= 0.3 is 0 Å². The fourth-order valence-corrected chi connectivity index (χ4v) is 3.37. The summed E-state index contributed by atoms with van der Waals surface area (Å²) in [6.07, 6.45) is 9.56. The second-order valence-corrected chi connectivity index (χ2v) is 6.48. The van der Waals surface area contributed by atoms with Crippen LogP contribution in [-0.4, -0.2) is 40.4 Å². The molecule has 9 nitrogen and oxygen atoms in total. The topological polar surface area (TPSA) is 103 Å². The summed E-state index contributed by atoms with van der Waals surface area (Å²) in [4.78, 5) is 17.0. The summed E-state index contributed by atoms with van der Waals surface area (Å²) in [5, 5.41) is 18.8. The van der Waals surface area contributed by atoms with Crippen molar-refractivity contribution >= 4 is 5.91 Å². The molecule has 1 saturated carbocycles. The van der Waals surface area contributed by atoms with Gasteiger partial charge in [-0.25, -0.2) is 4.98 Å². The van der Waals surface area contributed by atoms with Crippen molar-refractivity contribution in [2.45, 2.75) is 44.7 Å². The Bertz CT molecular complexity index is 882. The van der Waals surface area contributed by atoms with Crippen LogP contribution in [0, 0.1) is 0 Å². The smallest absolute Gasteiger partial charge is 0.270 e. The number of hydrogen-bond acceptors (Lipinski definition) is 6. The predicted octanol–water partition coefficient (Wildman–Crippen LogP) is 1.86. The van der Waals surface area contributed by atoms with Crippen LogP contribution in [0.25, 0.3) is 5.82 Å². The van der Waals surface area contributed by atoms with Gasteiger partial charge in [0, 0.05) is 6.04 Å². The minimum atomic E-state index is -0.258. The number of nitrogens with one attached hydrogen (secondary N) is 1. The second kappa shape index (κ2) is 7.03. The molecule has 1 aliphatic rings. The van der Waals surface area contributed by atoms with Crippen molar-refractivity contribution in [1.82, 2.24) is 39.8 Å². The van der Waals surface area contributed by atoms with Gasteiger partial charge in [0.25, 0.3) is 5.91 Å². The molecule has 26 heavy (non-hydrogen) atoms. The van der Waals surface area contributed by atoms with Crippen LogP contribution < -0.4 is 5.32 Å². The van der Waals surface area contributed by atoms with Crippen molar-refractivity contribution in [3.8, 4) is 5.82 Å². The molecular formula is C17H20N8O. The van der Waals surface area contributed by atoms with E-state index in [2.05, 4.69) is 35.3 Å². The van der Waals surface area contributed by atoms with Crippen LogP contribution in [0.3, 0.4) is 0 Å². The molecule has 1 atom stereocenters. The lowest BCUT2D eigenvalue weighted by molar-refractivity contribution is 0.0932. The highest BCUT2D eigenvalue weighted by Gasteiger charge is 2.24. The quantitative estimate of drug-likeness (QED) is 0.752. The molecule has 0 aromatic carbocycles. The van der Waals surface area contributed by atoms with Crippen LogP contribution in [0.4, 0.5) is 0 Å². The molecule has 1 aliphatic carbocycles. The maximum atomic E-state index is 12.6. The van der Waals surface area contributed by atoms with Crippen molar-refractivity contribution in [3.05, 3.63) is 48.7 Å². The lowest BCUT2D eigenvalue weighted by Gasteiger charge is -2.18. The average molecular weight is 352 g/mol. The first-order valence-corrected chi connectivity index (χ1v) is 8.74. The van der Waals surface area contributed by atoms with Crippen LogP contribution >= 0.6 is 0 Å². The maximum Gasteiger partial charge on any atom is 0.270 e. The van der Waals surface area contributed by atoms with Crippen LogP contribution in [0.15, 0.2) is 37.2 Å². The number of pyridine rings is 1. The van der Waals surface area contributed by atoms with Crippen molar-refractivity contribution in [2.24, 2.45) is 0 Å². The Balaban J connectivity index is 1.50. The SMILES string of the molecule is CC(NC(=O)c1cccc(-n2cnnc2)n1)c1nncn1C1CCCC1. The van der Waals surface area contributed by atoms with Crippen LogP contribution in [0.2, 0.25) is 0 Å². The zero-order chi connectivity index (χ0) is 17.9. The minimum Gasteiger partial charge on any atom is -0.341 e. The number of nitrogens with zero attached hydrogens (tertiary/aromatic N) is 7. The molecular weight excluding hydrogens is 332 g/mol. The van der Waals surface area contributed by atoms with Gasteiger partial charge in [-0.15, -0.1) is 20.4 Å². The molecule has 134 valence electrons. The maximum absolute atomic E-state index is 12.6. The Morgan fingerprint density at radius 1 is 1.15 bits per heavy atom. The molecule has 1 amide bonds. The van der Waals surface area contributed by atoms with Crippen molar-refractivity contribution in [1.29, 1.82) is 0 Å². The molecule has 0 aliphatic heterocycles. The lowest BCUT2D eigenvalue weighted by Crippen LogP contribution is -2.30. The highest BCUT2D eigenvalue weighted by Crippen LogP contribution is 2.31. The van der Waals surface area contributed by atoms with E-state index in [-0.39, 0.29) is 11.9 Å². The first-order chi connectivity index (χ1) is 12.7. The van der Waals surface area contributed by atoms with Gasteiger partial charge in [-0.05, 0) is 31.9 Å². The summed E-state index contributed by atoms with van der Waals surface area (Å²) in [6.45, 7) is 1.91. The van der Waals surface area contributed by atoms with Gasteiger partial charge in [-0.3, -0.25) is 9.36 Å². The molecule has 0 radical (unpaired) electrons. The summed E-state index contributed by atoms with van der Waals surface area (Å²) in [5.41, 5.74) is 0.329. The van der Waals surface area contributed by atoms with Crippen LogP contribution in [0.5, 0.6) is 0 Å². The Morgan fingerprint density at radius 3 is 2.69 bits per heavy atom. The predicted molar refractivity (Wildman–Crippen MR) is 92.6 cm³/mol. The molecule has 1 fully saturated rings. The average Bonchev–Trinajstić information content (AvgIpc) is 3.43. The molecule has 1 N–H and O–H groups in total. The normalized spacial score (nSPS) is 15.9. The summed E-state index contributed by atoms with van der Waals surface area (Å²) in [5.74, 6) is 1.11. The zero-order valence-electron chi connectivity index (χ0n) is 14.5. The molecule has 1 unspecified atom stereocenters. The van der Waals surface area contributed by atoms with Crippen molar-refractivity contribution in [2.75, 3.05) is 0 Å². The standard InChI is InChI=1S/C17H20N8O/c1-12(16-23-20-11-25(16)13-5-2-3-6-13)21-17(26)14-7-4-8-15(22-14)24-9-18-19-10-24/h4,7-13H,2-3,5-6H2,1H3,(H,21,26). The fourth-order valence-electron chi connectivity index (χ4n) is 3.37. The van der Waals surface area contributed by atoms with Gasteiger partial charge in [0.2, 0.25) is 0 Å². The first kappa shape index (κ1) is 16.4. The molecule has 0 saturated heterocycles. The minimum absolute atomic E-state index is 0.256. The number of aromatic nitrogens is 7. The lowest BCUT2D eigenvalue weighted by atomic mass is 10.2. The summed E-state index contributed by atoms with van der Waals surface area (Å²) >= 11 is 0. The second-order valence-electron chi connectivity index (χ2n) is 6.48. The van der Waals surface area contributed by atoms with E-state index in [1.165, 1.54) is 25.5 Å². The fraction of sp³-hybridized carbons (Fsp3) is 0.412. The zero-order valence-corrected chi connectivity index (χ0v) is 14.5. The van der Waals surface area contributed by atoms with Gasteiger partial charge in [-0.2, -0.15) is 0 Å². The summed E-state index contributed by atoms with van der Waals surface area (Å²) < 4.78 is 3.75. The van der Waals surface area contributed by atoms with Gasteiger partial charge in [0.15, 0.2) is 5.82 Å². The number of carbonyl (C=O) groups is 1. The molecule has 3 heterocycles. The van der Waals surface area contributed by atoms with Crippen molar-refractivity contribution in [3.63, 3.8) is 0 Å². The third kappa shape index (κ3) is 3.19. The van der Waals surface area contributed by atoms with Crippen LogP contribution in [0.1, 0.15) is 61.0 Å². The molecule has 0 bridgehead atoms. The third-order valence-electron chi connectivity index (χ3n) is 4.70. The van der Waals surface area contributed by atoms with E-state index in [1.54, 1.807) is 29.1 Å². The Labute approximate surface area is 150 Å². The van der Waals surface area contributed by atoms with Crippen LogP contribution in [-0.2, 0) is 0 Å². The van der Waals surface area contributed by atoms with E-state index in [0.717, 1.165) is 18.7 Å². The van der Waals surface area contributed by atoms with E-state index in [9.17, 15) is 4.79 Å². The Morgan fingerprint density at radius 2 is 1.92 bits per heavy atom. The van der Waals surface area contributed by atoms with Gasteiger partial charge in [-0.1, -0.05) is 18.9 Å². The van der Waals surface area contributed by atoms with Crippen molar-refractivity contribution < 1.29 is 4.79 Å². The molecule has 0 spiro atoms. The molecule has 3 aromatic rings. The highest BCUT2D eigenvalue weighted by molar-refractivity contribution is 5.92. The van der Waals surface area contributed by atoms with Gasteiger partial charge < -0.3 is 9.88 Å². The Hall–Kier alpha value is -3.10. The van der Waals surface area contributed by atoms with Gasteiger partial charge in [0.05, 0.1) is 6.04 Å². The third-order valence-corrected chi connectivity index (χ3v) is 4.70. The van der Waals surface area contributed by atoms with Gasteiger partial charge in [0.1, 0.15) is 30.5 Å². The van der Waals surface area contributed by atoms with E-state index < -0.39 is 0 Å². The van der Waals surface area contributed by atoms with E-state index in [0.29, 0.717) is 17.6 Å². The summed E-state index contributed by atoms with van der Waals surface area (Å²) in [6, 6.07) is 5.42. The highest BCUT2D eigenvalue weighted by atomic mass is 16.2. The number of carbonyl (C=O) groups excluding carboxylic acids is 1. The monoisotopic (exact) mass is 352 g/mol. The Kier molecular flexibility index (Phi) is 4.42. The number of amides is 1. The molecule has 3 aromatic heterocycles. The number of rotatable bonds is 5. The molecule has 9 heteroatoms. The summed E-state index contributed by atoms with van der Waals surface area (Å²) in [7, 11) is 0. The van der Waals surface area contributed by atoms with E-state index in [1.807, 2.05) is 6.92 Å². The first-order valence-electron chi connectivity index (χ1n) is 8.74.